The first-order valence-corrected chi connectivity index (χ1v) is 9.60. The van der Waals surface area contributed by atoms with Crippen LogP contribution >= 0.6 is 0 Å². The van der Waals surface area contributed by atoms with E-state index in [1.165, 1.54) is 0 Å². The summed E-state index contributed by atoms with van der Waals surface area (Å²) < 4.78 is 44.2. The third kappa shape index (κ3) is 2.60. The number of halogens is 3. The number of allylic oxidation sites excluding steroid dienone is 1. The number of hydrogen-bond donors (Lipinski definition) is 1. The molecule has 2 fully saturated rings. The third-order valence-electron chi connectivity index (χ3n) is 6.62. The van der Waals surface area contributed by atoms with Gasteiger partial charge in [0.05, 0.1) is 31.7 Å². The van der Waals surface area contributed by atoms with Gasteiger partial charge in [0.15, 0.2) is 11.6 Å². The van der Waals surface area contributed by atoms with Crippen molar-refractivity contribution in [2.45, 2.75) is 44.9 Å². The highest BCUT2D eigenvalue weighted by Crippen LogP contribution is 2.58. The van der Waals surface area contributed by atoms with Gasteiger partial charge in [-0.2, -0.15) is 18.3 Å². The van der Waals surface area contributed by atoms with Crippen LogP contribution in [-0.2, 0) is 14.3 Å². The van der Waals surface area contributed by atoms with E-state index in [-0.39, 0.29) is 30.9 Å². The molecule has 1 amide bonds. The Balaban J connectivity index is 1.48. The van der Waals surface area contributed by atoms with E-state index >= 15 is 0 Å². The standard InChI is InChI=1S/C19H21F3N4O3/c1-16(2)3-11-13(12(27)4-16)18(10-5-23-25-14(10)24-11)6-17(29-9-18)7-26(8-17)15(28)19(20,21)22/h24H,3-9H2,1-2H3/t18-/m0/s1. The van der Waals surface area contributed by atoms with E-state index in [0.717, 1.165) is 16.2 Å². The van der Waals surface area contributed by atoms with Crippen molar-refractivity contribution in [3.63, 3.8) is 0 Å². The first kappa shape index (κ1) is 18.8. The summed E-state index contributed by atoms with van der Waals surface area (Å²) >= 11 is 0. The van der Waals surface area contributed by atoms with E-state index in [4.69, 9.17) is 4.74 Å². The number of carbonyl (C=O) groups is 2. The normalized spacial score (nSPS) is 31.9. The monoisotopic (exact) mass is 410 g/mol. The molecule has 2 spiro atoms. The van der Waals surface area contributed by atoms with Gasteiger partial charge in [0.1, 0.15) is 5.60 Å². The average Bonchev–Trinajstić information content (AvgIpc) is 3.16. The molecule has 0 aromatic heterocycles. The Morgan fingerprint density at radius 1 is 1.24 bits per heavy atom. The zero-order valence-electron chi connectivity index (χ0n) is 16.2. The van der Waals surface area contributed by atoms with Crippen molar-refractivity contribution in [3.05, 3.63) is 22.7 Å². The van der Waals surface area contributed by atoms with E-state index in [9.17, 15) is 22.8 Å². The number of nitrogens with one attached hydrogen (secondary N) is 1. The van der Waals surface area contributed by atoms with E-state index in [2.05, 4.69) is 15.5 Å². The number of ether oxygens (including phenoxy) is 1. The number of azo groups is 1. The second-order valence-electron chi connectivity index (χ2n) is 9.54. The van der Waals surface area contributed by atoms with Crippen LogP contribution in [0.4, 0.5) is 13.2 Å². The summed E-state index contributed by atoms with van der Waals surface area (Å²) in [7, 11) is 0. The smallest absolute Gasteiger partial charge is 0.370 e. The fraction of sp³-hybridized carbons (Fsp3) is 0.684. The van der Waals surface area contributed by atoms with Crippen LogP contribution in [0, 0.1) is 10.8 Å². The summed E-state index contributed by atoms with van der Waals surface area (Å²) in [5, 5.41) is 11.6. The van der Waals surface area contributed by atoms with Gasteiger partial charge in [0.2, 0.25) is 0 Å². The molecule has 4 heterocycles. The van der Waals surface area contributed by atoms with Crippen molar-refractivity contribution >= 4 is 11.7 Å². The molecule has 0 aromatic carbocycles. The first-order valence-electron chi connectivity index (χ1n) is 9.60. The number of nitrogens with zero attached hydrogens (tertiary/aromatic N) is 3. The summed E-state index contributed by atoms with van der Waals surface area (Å²) in [5.41, 5.74) is 0.544. The molecule has 5 rings (SSSR count). The van der Waals surface area contributed by atoms with Crippen LogP contribution in [0.15, 0.2) is 32.9 Å². The Kier molecular flexibility index (Phi) is 3.54. The number of rotatable bonds is 0. The molecule has 1 N–H and O–H groups in total. The van der Waals surface area contributed by atoms with Crippen LogP contribution in [0.1, 0.15) is 33.1 Å². The summed E-state index contributed by atoms with van der Waals surface area (Å²) in [5.74, 6) is -1.19. The van der Waals surface area contributed by atoms with Gasteiger partial charge < -0.3 is 15.0 Å². The fourth-order valence-corrected chi connectivity index (χ4v) is 5.53. The Hall–Kier alpha value is -2.23. The van der Waals surface area contributed by atoms with E-state index in [1.807, 2.05) is 13.8 Å². The molecule has 0 aromatic rings. The molecule has 5 aliphatic rings. The van der Waals surface area contributed by atoms with E-state index in [1.54, 1.807) is 0 Å². The summed E-state index contributed by atoms with van der Waals surface area (Å²) in [4.78, 5) is 25.4. The zero-order chi connectivity index (χ0) is 20.8. The van der Waals surface area contributed by atoms with Crippen molar-refractivity contribution in [1.29, 1.82) is 0 Å². The second kappa shape index (κ2) is 5.47. The summed E-state index contributed by atoms with van der Waals surface area (Å²) in [6.45, 7) is 4.34. The number of alkyl halides is 3. The van der Waals surface area contributed by atoms with Gasteiger partial charge >= 0.3 is 12.1 Å². The number of amides is 1. The molecular weight excluding hydrogens is 389 g/mol. The molecule has 0 unspecified atom stereocenters. The van der Waals surface area contributed by atoms with E-state index < -0.39 is 23.1 Å². The van der Waals surface area contributed by atoms with Gasteiger partial charge in [0, 0.05) is 23.3 Å². The molecule has 0 bridgehead atoms. The lowest BCUT2D eigenvalue weighted by Gasteiger charge is -2.48. The predicted octanol–water partition coefficient (Wildman–Crippen LogP) is 2.46. The van der Waals surface area contributed by atoms with Crippen molar-refractivity contribution in [2.75, 3.05) is 26.2 Å². The maximum Gasteiger partial charge on any atom is 0.471 e. The minimum absolute atomic E-state index is 0.0328. The Morgan fingerprint density at radius 3 is 2.66 bits per heavy atom. The van der Waals surface area contributed by atoms with Gasteiger partial charge in [-0.1, -0.05) is 13.8 Å². The molecule has 29 heavy (non-hydrogen) atoms. The lowest BCUT2D eigenvalue weighted by atomic mass is 9.61. The second-order valence-corrected chi connectivity index (χ2v) is 9.54. The Labute approximate surface area is 165 Å². The van der Waals surface area contributed by atoms with Crippen LogP contribution < -0.4 is 5.32 Å². The van der Waals surface area contributed by atoms with Crippen LogP contribution in [0.5, 0.6) is 0 Å². The largest absolute Gasteiger partial charge is 0.471 e. The molecule has 10 heteroatoms. The third-order valence-corrected chi connectivity index (χ3v) is 6.62. The van der Waals surface area contributed by atoms with Crippen molar-refractivity contribution < 1.29 is 27.5 Å². The topological polar surface area (TPSA) is 83.4 Å². The highest BCUT2D eigenvalue weighted by Gasteiger charge is 2.64. The van der Waals surface area contributed by atoms with Gasteiger partial charge in [-0.3, -0.25) is 9.59 Å². The molecule has 1 atom stereocenters. The van der Waals surface area contributed by atoms with Crippen LogP contribution in [0.25, 0.3) is 0 Å². The number of Topliss-reactive ketones (excluding diaryl/α,β-unsaturated/α-hetero) is 1. The van der Waals surface area contributed by atoms with Crippen molar-refractivity contribution in [1.82, 2.24) is 10.2 Å². The maximum atomic E-state index is 13.2. The quantitative estimate of drug-likeness (QED) is 0.665. The molecule has 4 aliphatic heterocycles. The number of dihydropyridines is 1. The minimum Gasteiger partial charge on any atom is -0.370 e. The molecular formula is C19H21F3N4O3. The number of fused-ring (bicyclic) bond motifs is 2. The zero-order valence-corrected chi connectivity index (χ0v) is 16.2. The molecule has 0 radical (unpaired) electrons. The van der Waals surface area contributed by atoms with Crippen LogP contribution in [-0.4, -0.2) is 54.6 Å². The van der Waals surface area contributed by atoms with Crippen LogP contribution in [0.2, 0.25) is 0 Å². The highest BCUT2D eigenvalue weighted by atomic mass is 19.4. The van der Waals surface area contributed by atoms with Gasteiger partial charge in [-0.25, -0.2) is 0 Å². The fourth-order valence-electron chi connectivity index (χ4n) is 5.53. The summed E-state index contributed by atoms with van der Waals surface area (Å²) in [6.07, 6.45) is -3.46. The lowest BCUT2D eigenvalue weighted by Crippen LogP contribution is -2.65. The highest BCUT2D eigenvalue weighted by molar-refractivity contribution is 6.00. The lowest BCUT2D eigenvalue weighted by molar-refractivity contribution is -0.204. The number of hydrogen-bond acceptors (Lipinski definition) is 6. The Morgan fingerprint density at radius 2 is 1.97 bits per heavy atom. The number of carbonyl (C=O) groups excluding carboxylic acids is 2. The molecule has 1 aliphatic carbocycles. The predicted molar refractivity (Wildman–Crippen MR) is 93.3 cm³/mol. The number of ketones is 1. The van der Waals surface area contributed by atoms with Crippen LogP contribution in [0.3, 0.4) is 0 Å². The van der Waals surface area contributed by atoms with E-state index in [0.29, 0.717) is 37.2 Å². The minimum atomic E-state index is -4.90. The van der Waals surface area contributed by atoms with Crippen molar-refractivity contribution in [2.24, 2.45) is 21.1 Å². The first-order chi connectivity index (χ1) is 13.4. The molecule has 156 valence electrons. The Bertz CT molecular complexity index is 927. The van der Waals surface area contributed by atoms with Gasteiger partial charge in [-0.05, 0) is 18.3 Å². The number of likely N-dealkylation sites (tertiary alicyclic amines) is 1. The molecule has 0 saturated carbocycles. The van der Waals surface area contributed by atoms with Gasteiger partial charge in [-0.15, -0.1) is 5.11 Å². The average molecular weight is 410 g/mol. The van der Waals surface area contributed by atoms with Gasteiger partial charge in [0.25, 0.3) is 0 Å². The molecule has 7 nitrogen and oxygen atoms in total. The molecule has 2 saturated heterocycles. The summed E-state index contributed by atoms with van der Waals surface area (Å²) in [6, 6.07) is 0. The SMILES string of the molecule is CC1(C)CC(=O)C2=C(C1)NC1=C(CN=N1)[C@]21COC2(CN(C(=O)C(F)(F)F)C2)C1. The van der Waals surface area contributed by atoms with Crippen molar-refractivity contribution in [3.8, 4) is 0 Å². The maximum absolute atomic E-state index is 13.2.